The zero-order valence-electron chi connectivity index (χ0n) is 16.8. The van der Waals surface area contributed by atoms with Crippen molar-refractivity contribution in [2.75, 3.05) is 0 Å². The second-order valence-electron chi connectivity index (χ2n) is 7.23. The maximum absolute atomic E-state index is 14.3. The first-order valence-corrected chi connectivity index (χ1v) is 9.79. The molecule has 150 valence electrons. The van der Waals surface area contributed by atoms with Crippen LogP contribution in [-0.4, -0.2) is 28.8 Å². The van der Waals surface area contributed by atoms with Crippen molar-refractivity contribution in [1.82, 2.24) is 10.2 Å². The molecule has 0 aliphatic heterocycles. The molecule has 2 aromatic rings. The van der Waals surface area contributed by atoms with Crippen molar-refractivity contribution in [2.45, 2.75) is 58.7 Å². The summed E-state index contributed by atoms with van der Waals surface area (Å²) in [5, 5.41) is 2.91. The molecule has 2 rings (SSSR count). The fraction of sp³-hybridized carbons (Fsp3) is 0.391. The first-order valence-electron chi connectivity index (χ1n) is 9.79. The molecule has 1 N–H and O–H groups in total. The molecule has 28 heavy (non-hydrogen) atoms. The number of amides is 2. The number of hydrogen-bond donors (Lipinski definition) is 1. The fourth-order valence-corrected chi connectivity index (χ4v) is 3.10. The van der Waals surface area contributed by atoms with Gasteiger partial charge in [0.25, 0.3) is 0 Å². The van der Waals surface area contributed by atoms with Gasteiger partial charge in [0.1, 0.15) is 11.9 Å². The highest BCUT2D eigenvalue weighted by molar-refractivity contribution is 5.88. The number of halogens is 1. The summed E-state index contributed by atoms with van der Waals surface area (Å²) in [5.41, 5.74) is 1.36. The van der Waals surface area contributed by atoms with Crippen molar-refractivity contribution in [3.63, 3.8) is 0 Å². The van der Waals surface area contributed by atoms with Gasteiger partial charge in [-0.3, -0.25) is 9.59 Å². The highest BCUT2D eigenvalue weighted by Gasteiger charge is 2.30. The van der Waals surface area contributed by atoms with Crippen molar-refractivity contribution in [2.24, 2.45) is 0 Å². The van der Waals surface area contributed by atoms with Gasteiger partial charge in [0.05, 0.1) is 0 Å². The van der Waals surface area contributed by atoms with Gasteiger partial charge in [-0.25, -0.2) is 4.39 Å². The molecule has 4 nitrogen and oxygen atoms in total. The van der Waals surface area contributed by atoms with E-state index in [-0.39, 0.29) is 30.2 Å². The molecule has 2 aromatic carbocycles. The maximum atomic E-state index is 14.3. The number of carbonyl (C=O) groups is 2. The van der Waals surface area contributed by atoms with E-state index in [4.69, 9.17) is 0 Å². The predicted octanol–water partition coefficient (Wildman–Crippen LogP) is 4.09. The average Bonchev–Trinajstić information content (AvgIpc) is 2.66. The van der Waals surface area contributed by atoms with Crippen molar-refractivity contribution < 1.29 is 14.0 Å². The molecular weight excluding hydrogens is 355 g/mol. The summed E-state index contributed by atoms with van der Waals surface area (Å²) in [6.07, 6.45) is 1.36. The van der Waals surface area contributed by atoms with Gasteiger partial charge >= 0.3 is 0 Å². The third kappa shape index (κ3) is 6.19. The van der Waals surface area contributed by atoms with Crippen LogP contribution in [0.4, 0.5) is 4.39 Å². The van der Waals surface area contributed by atoms with Gasteiger partial charge in [0.2, 0.25) is 11.8 Å². The number of rotatable bonds is 9. The molecule has 0 aliphatic carbocycles. The smallest absolute Gasteiger partial charge is 0.243 e. The monoisotopic (exact) mass is 384 g/mol. The molecule has 1 atom stereocenters. The Bertz CT molecular complexity index is 777. The summed E-state index contributed by atoms with van der Waals surface area (Å²) >= 11 is 0. The number of benzene rings is 2. The second kappa shape index (κ2) is 10.6. The minimum atomic E-state index is -0.705. The number of nitrogens with zero attached hydrogens (tertiary/aromatic N) is 1. The normalized spacial score (nSPS) is 11.9. The molecule has 0 aliphatic rings. The van der Waals surface area contributed by atoms with Crippen LogP contribution in [0, 0.1) is 5.82 Å². The Kier molecular flexibility index (Phi) is 8.18. The molecule has 0 unspecified atom stereocenters. The van der Waals surface area contributed by atoms with Gasteiger partial charge in [0, 0.05) is 31.0 Å². The van der Waals surface area contributed by atoms with Gasteiger partial charge in [-0.05, 0) is 31.9 Å². The van der Waals surface area contributed by atoms with Crippen molar-refractivity contribution in [3.05, 3.63) is 71.5 Å². The Labute approximate surface area is 166 Å². The van der Waals surface area contributed by atoms with E-state index in [1.165, 1.54) is 11.0 Å². The van der Waals surface area contributed by atoms with E-state index in [1.807, 2.05) is 51.1 Å². The number of carbonyl (C=O) groups excluding carboxylic acids is 2. The van der Waals surface area contributed by atoms with Crippen LogP contribution >= 0.6 is 0 Å². The molecule has 0 radical (unpaired) electrons. The third-order valence-electron chi connectivity index (χ3n) is 4.46. The van der Waals surface area contributed by atoms with Crippen LogP contribution in [0.25, 0.3) is 0 Å². The van der Waals surface area contributed by atoms with Crippen molar-refractivity contribution >= 4 is 11.8 Å². The summed E-state index contributed by atoms with van der Waals surface area (Å²) in [5.74, 6) is -0.746. The summed E-state index contributed by atoms with van der Waals surface area (Å²) in [4.78, 5) is 27.4. The van der Waals surface area contributed by atoms with Crippen LogP contribution in [0.2, 0.25) is 0 Å². The lowest BCUT2D eigenvalue weighted by Crippen LogP contribution is -2.51. The lowest BCUT2D eigenvalue weighted by molar-refractivity contribution is -0.141. The Morgan fingerprint density at radius 1 is 1.04 bits per heavy atom. The first-order chi connectivity index (χ1) is 13.4. The van der Waals surface area contributed by atoms with E-state index in [0.717, 1.165) is 5.56 Å². The molecular formula is C23H29FN2O2. The molecule has 0 spiro atoms. The molecule has 2 amide bonds. The Morgan fingerprint density at radius 3 is 2.29 bits per heavy atom. The fourth-order valence-electron chi connectivity index (χ4n) is 3.10. The van der Waals surface area contributed by atoms with E-state index in [0.29, 0.717) is 24.8 Å². The second-order valence-corrected chi connectivity index (χ2v) is 7.23. The standard InChI is InChI=1S/C23H29FN2O2/c1-4-10-22(27)26(16-19-13-8-9-14-20(19)24)21(23(28)25-17(2)3)15-18-11-6-5-7-12-18/h5-9,11-14,17,21H,4,10,15-16H2,1-3H3,(H,25,28)/t21-/m0/s1. The Morgan fingerprint density at radius 2 is 1.68 bits per heavy atom. The van der Waals surface area contributed by atoms with Crippen LogP contribution in [0.5, 0.6) is 0 Å². The summed E-state index contributed by atoms with van der Waals surface area (Å²) in [6, 6.07) is 15.2. The molecule has 0 aromatic heterocycles. The highest BCUT2D eigenvalue weighted by atomic mass is 19.1. The van der Waals surface area contributed by atoms with Crippen molar-refractivity contribution in [1.29, 1.82) is 0 Å². The van der Waals surface area contributed by atoms with E-state index >= 15 is 0 Å². The predicted molar refractivity (Wildman–Crippen MR) is 109 cm³/mol. The van der Waals surface area contributed by atoms with Gasteiger partial charge in [0.15, 0.2) is 0 Å². The molecule has 0 bridgehead atoms. The zero-order chi connectivity index (χ0) is 20.5. The van der Waals surface area contributed by atoms with E-state index in [1.54, 1.807) is 18.2 Å². The Balaban J connectivity index is 2.39. The van der Waals surface area contributed by atoms with E-state index in [2.05, 4.69) is 5.32 Å². The van der Waals surface area contributed by atoms with Crippen LogP contribution in [0.15, 0.2) is 54.6 Å². The van der Waals surface area contributed by atoms with E-state index < -0.39 is 6.04 Å². The first kappa shape index (κ1) is 21.6. The maximum Gasteiger partial charge on any atom is 0.243 e. The average molecular weight is 384 g/mol. The van der Waals surface area contributed by atoms with Crippen LogP contribution < -0.4 is 5.32 Å². The Hall–Kier alpha value is -2.69. The van der Waals surface area contributed by atoms with Gasteiger partial charge in [-0.15, -0.1) is 0 Å². The summed E-state index contributed by atoms with van der Waals surface area (Å²) in [7, 11) is 0. The van der Waals surface area contributed by atoms with Crippen molar-refractivity contribution in [3.8, 4) is 0 Å². The molecule has 5 heteroatoms. The SMILES string of the molecule is CCCC(=O)N(Cc1ccccc1F)[C@@H](Cc1ccccc1)C(=O)NC(C)C. The van der Waals surface area contributed by atoms with Crippen LogP contribution in [0.1, 0.15) is 44.7 Å². The van der Waals surface area contributed by atoms with Crippen LogP contribution in [-0.2, 0) is 22.6 Å². The largest absolute Gasteiger partial charge is 0.352 e. The molecule has 0 saturated carbocycles. The quantitative estimate of drug-likeness (QED) is 0.708. The summed E-state index contributed by atoms with van der Waals surface area (Å²) < 4.78 is 14.3. The number of hydrogen-bond acceptors (Lipinski definition) is 2. The van der Waals surface area contributed by atoms with Gasteiger partial charge in [-0.1, -0.05) is 55.5 Å². The van der Waals surface area contributed by atoms with Crippen LogP contribution in [0.3, 0.4) is 0 Å². The number of nitrogens with one attached hydrogen (secondary N) is 1. The zero-order valence-corrected chi connectivity index (χ0v) is 16.8. The minimum Gasteiger partial charge on any atom is -0.352 e. The topological polar surface area (TPSA) is 49.4 Å². The van der Waals surface area contributed by atoms with E-state index in [9.17, 15) is 14.0 Å². The summed E-state index contributed by atoms with van der Waals surface area (Å²) in [6.45, 7) is 5.74. The minimum absolute atomic E-state index is 0.0534. The third-order valence-corrected chi connectivity index (χ3v) is 4.46. The highest BCUT2D eigenvalue weighted by Crippen LogP contribution is 2.18. The molecule has 0 heterocycles. The molecule has 0 saturated heterocycles. The molecule has 0 fully saturated rings. The van der Waals surface area contributed by atoms with Gasteiger partial charge < -0.3 is 10.2 Å². The lowest BCUT2D eigenvalue weighted by atomic mass is 10.0. The lowest BCUT2D eigenvalue weighted by Gasteiger charge is -2.32. The van der Waals surface area contributed by atoms with Gasteiger partial charge in [-0.2, -0.15) is 0 Å².